The summed E-state index contributed by atoms with van der Waals surface area (Å²) in [5.74, 6) is -0.375. The van der Waals surface area contributed by atoms with Crippen LogP contribution in [0.4, 0.5) is 5.69 Å². The second-order valence-electron chi connectivity index (χ2n) is 9.40. The third-order valence-corrected chi connectivity index (χ3v) is 7.75. The first-order valence-corrected chi connectivity index (χ1v) is 14.5. The van der Waals surface area contributed by atoms with Crippen LogP contribution in [0, 0.1) is 6.92 Å². The monoisotopic (exact) mass is 515 g/mol. The molecule has 0 saturated heterocycles. The van der Waals surface area contributed by atoms with E-state index >= 15 is 0 Å². The van der Waals surface area contributed by atoms with Gasteiger partial charge in [0.25, 0.3) is 0 Å². The number of benzene rings is 2. The first kappa shape index (κ1) is 29.4. The van der Waals surface area contributed by atoms with Crippen molar-refractivity contribution in [2.24, 2.45) is 0 Å². The molecule has 2 aromatic rings. The summed E-state index contributed by atoms with van der Waals surface area (Å²) in [5.41, 5.74) is 3.73. The topological polar surface area (TPSA) is 86.8 Å². The average molecular weight is 516 g/mol. The van der Waals surface area contributed by atoms with E-state index in [4.69, 9.17) is 0 Å². The van der Waals surface area contributed by atoms with Gasteiger partial charge in [-0.05, 0) is 68.9 Å². The van der Waals surface area contributed by atoms with Crippen LogP contribution in [0.3, 0.4) is 0 Å². The summed E-state index contributed by atoms with van der Waals surface area (Å²) in [5, 5.41) is 2.97. The number of carbonyl (C=O) groups is 2. The second kappa shape index (κ2) is 13.4. The van der Waals surface area contributed by atoms with Gasteiger partial charge >= 0.3 is 0 Å². The number of anilines is 1. The number of nitrogens with one attached hydrogen (secondary N) is 1. The number of hydrogen-bond acceptors (Lipinski definition) is 4. The van der Waals surface area contributed by atoms with Gasteiger partial charge in [0, 0.05) is 25.6 Å². The molecule has 2 amide bonds. The predicted molar refractivity (Wildman–Crippen MR) is 146 cm³/mol. The summed E-state index contributed by atoms with van der Waals surface area (Å²) in [4.78, 5) is 27.9. The van der Waals surface area contributed by atoms with Crippen molar-refractivity contribution in [2.45, 2.75) is 78.9 Å². The van der Waals surface area contributed by atoms with Gasteiger partial charge in [0.15, 0.2) is 0 Å². The molecular formula is C28H41N3O4S. The summed E-state index contributed by atoms with van der Waals surface area (Å²) < 4.78 is 26.3. The van der Waals surface area contributed by atoms with Crippen LogP contribution in [-0.2, 0) is 32.6 Å². The van der Waals surface area contributed by atoms with E-state index in [1.54, 1.807) is 24.0 Å². The quantitative estimate of drug-likeness (QED) is 0.427. The number of sulfonamides is 1. The van der Waals surface area contributed by atoms with E-state index in [0.717, 1.165) is 29.5 Å². The molecule has 0 aliphatic carbocycles. The number of rotatable bonds is 13. The van der Waals surface area contributed by atoms with E-state index in [9.17, 15) is 18.0 Å². The Kier molecular flexibility index (Phi) is 11.0. The molecule has 36 heavy (non-hydrogen) atoms. The van der Waals surface area contributed by atoms with Crippen LogP contribution in [-0.4, -0.2) is 50.0 Å². The highest BCUT2D eigenvalue weighted by atomic mass is 32.2. The molecule has 0 fully saturated rings. The molecule has 2 atom stereocenters. The van der Waals surface area contributed by atoms with Gasteiger partial charge in [-0.25, -0.2) is 8.42 Å². The molecular weight excluding hydrogens is 474 g/mol. The second-order valence-corrected chi connectivity index (χ2v) is 11.3. The van der Waals surface area contributed by atoms with Crippen molar-refractivity contribution in [2.75, 3.05) is 17.1 Å². The van der Waals surface area contributed by atoms with Crippen LogP contribution in [0.15, 0.2) is 48.5 Å². The zero-order valence-corrected chi connectivity index (χ0v) is 23.3. The van der Waals surface area contributed by atoms with Crippen LogP contribution in [0.2, 0.25) is 0 Å². The molecule has 0 saturated carbocycles. The average Bonchev–Trinajstić information content (AvgIpc) is 2.84. The SMILES string of the molecule is CCc1ccc(N(CCCC(=O)N(Cc2ccccc2C)[C@H](C)C(=O)N[C@@H](C)CC)S(C)(=O)=O)cc1. The largest absolute Gasteiger partial charge is 0.352 e. The van der Waals surface area contributed by atoms with Crippen LogP contribution in [0.25, 0.3) is 0 Å². The Morgan fingerprint density at radius 2 is 1.64 bits per heavy atom. The van der Waals surface area contributed by atoms with Crippen molar-refractivity contribution in [3.05, 3.63) is 65.2 Å². The van der Waals surface area contributed by atoms with Crippen molar-refractivity contribution < 1.29 is 18.0 Å². The van der Waals surface area contributed by atoms with Crippen LogP contribution < -0.4 is 9.62 Å². The first-order valence-electron chi connectivity index (χ1n) is 12.7. The highest BCUT2D eigenvalue weighted by Crippen LogP contribution is 2.20. The molecule has 0 radical (unpaired) electrons. The molecule has 0 unspecified atom stereocenters. The molecule has 0 bridgehead atoms. The Labute approximate surface area is 216 Å². The number of nitrogens with zero attached hydrogens (tertiary/aromatic N) is 2. The standard InChI is InChI=1S/C28H41N3O4S/c1-7-22(4)29-28(33)23(5)30(20-25-13-10-9-12-21(25)3)27(32)14-11-19-31(36(6,34)35)26-17-15-24(8-2)16-18-26/h9-10,12-13,15-18,22-23H,7-8,11,14,19-20H2,1-6H3,(H,29,33)/t22-,23+/m0/s1. The van der Waals surface area contributed by atoms with Crippen molar-refractivity contribution in [1.82, 2.24) is 10.2 Å². The Morgan fingerprint density at radius 1 is 1.00 bits per heavy atom. The third-order valence-electron chi connectivity index (χ3n) is 6.56. The van der Waals surface area contributed by atoms with Gasteiger partial charge in [-0.1, -0.05) is 50.2 Å². The summed E-state index contributed by atoms with van der Waals surface area (Å²) in [6, 6.07) is 14.6. The number of amides is 2. The smallest absolute Gasteiger partial charge is 0.242 e. The van der Waals surface area contributed by atoms with Crippen molar-refractivity contribution in [3.8, 4) is 0 Å². The molecule has 2 rings (SSSR count). The van der Waals surface area contributed by atoms with Gasteiger partial charge < -0.3 is 10.2 Å². The number of carbonyl (C=O) groups excluding carboxylic acids is 2. The van der Waals surface area contributed by atoms with Gasteiger partial charge in [0.1, 0.15) is 6.04 Å². The van der Waals surface area contributed by atoms with E-state index in [2.05, 4.69) is 5.32 Å². The zero-order valence-electron chi connectivity index (χ0n) is 22.5. The highest BCUT2D eigenvalue weighted by molar-refractivity contribution is 7.92. The van der Waals surface area contributed by atoms with E-state index in [1.807, 2.05) is 64.1 Å². The maximum absolute atomic E-state index is 13.4. The maximum atomic E-state index is 13.4. The van der Waals surface area contributed by atoms with E-state index in [1.165, 1.54) is 10.6 Å². The molecule has 7 nitrogen and oxygen atoms in total. The minimum atomic E-state index is -3.51. The van der Waals surface area contributed by atoms with Crippen molar-refractivity contribution in [3.63, 3.8) is 0 Å². The van der Waals surface area contributed by atoms with Gasteiger partial charge in [0.05, 0.1) is 11.9 Å². The molecule has 0 aliphatic rings. The van der Waals surface area contributed by atoms with Crippen LogP contribution in [0.5, 0.6) is 0 Å². The van der Waals surface area contributed by atoms with E-state index in [0.29, 0.717) is 18.7 Å². The molecule has 8 heteroatoms. The Morgan fingerprint density at radius 3 is 2.19 bits per heavy atom. The van der Waals surface area contributed by atoms with E-state index in [-0.39, 0.29) is 30.8 Å². The molecule has 0 aromatic heterocycles. The molecule has 0 aliphatic heterocycles. The first-order chi connectivity index (χ1) is 17.0. The normalized spacial score (nSPS) is 13.1. The third kappa shape index (κ3) is 8.36. The summed E-state index contributed by atoms with van der Waals surface area (Å²) in [6.07, 6.45) is 3.31. The van der Waals surface area contributed by atoms with Crippen molar-refractivity contribution in [1.29, 1.82) is 0 Å². The summed E-state index contributed by atoms with van der Waals surface area (Å²) in [6.45, 7) is 10.2. The Hall–Kier alpha value is -2.87. The van der Waals surface area contributed by atoms with Crippen LogP contribution >= 0.6 is 0 Å². The Bertz CT molecular complexity index is 1120. The summed E-state index contributed by atoms with van der Waals surface area (Å²) in [7, 11) is -3.51. The zero-order chi connectivity index (χ0) is 26.9. The fourth-order valence-electron chi connectivity index (χ4n) is 3.92. The lowest BCUT2D eigenvalue weighted by Crippen LogP contribution is -2.49. The fraction of sp³-hybridized carbons (Fsp3) is 0.500. The van der Waals surface area contributed by atoms with Gasteiger partial charge in [-0.2, -0.15) is 0 Å². The molecule has 0 spiro atoms. The molecule has 1 N–H and O–H groups in total. The maximum Gasteiger partial charge on any atom is 0.242 e. The minimum absolute atomic E-state index is 0.0118. The molecule has 198 valence electrons. The van der Waals surface area contributed by atoms with Crippen LogP contribution in [0.1, 0.15) is 63.6 Å². The number of hydrogen-bond donors (Lipinski definition) is 1. The van der Waals surface area contributed by atoms with Gasteiger partial charge in [-0.3, -0.25) is 13.9 Å². The highest BCUT2D eigenvalue weighted by Gasteiger charge is 2.27. The lowest BCUT2D eigenvalue weighted by molar-refractivity contribution is -0.140. The van der Waals surface area contributed by atoms with Gasteiger partial charge in [0.2, 0.25) is 21.8 Å². The summed E-state index contributed by atoms with van der Waals surface area (Å²) >= 11 is 0. The van der Waals surface area contributed by atoms with Gasteiger partial charge in [-0.15, -0.1) is 0 Å². The predicted octanol–water partition coefficient (Wildman–Crippen LogP) is 4.44. The van der Waals surface area contributed by atoms with Crippen molar-refractivity contribution >= 4 is 27.5 Å². The molecule has 2 aromatic carbocycles. The minimum Gasteiger partial charge on any atom is -0.352 e. The Balaban J connectivity index is 2.18. The molecule has 0 heterocycles. The lowest BCUT2D eigenvalue weighted by Gasteiger charge is -2.30. The lowest BCUT2D eigenvalue weighted by atomic mass is 10.1. The fourth-order valence-corrected chi connectivity index (χ4v) is 4.89. The van der Waals surface area contributed by atoms with E-state index < -0.39 is 16.1 Å². The number of aryl methyl sites for hydroxylation is 2.